The molecule has 5 rings (SSSR count). The van der Waals surface area contributed by atoms with Gasteiger partial charge in [0.05, 0.1) is 29.8 Å². The zero-order chi connectivity index (χ0) is 19.8. The highest BCUT2D eigenvalue weighted by Gasteiger charge is 2.35. The van der Waals surface area contributed by atoms with Crippen molar-refractivity contribution < 1.29 is 4.79 Å². The summed E-state index contributed by atoms with van der Waals surface area (Å²) in [6.45, 7) is 1.64. The molecule has 1 N–H and O–H groups in total. The van der Waals surface area contributed by atoms with Crippen LogP contribution in [0.25, 0.3) is 11.3 Å². The minimum absolute atomic E-state index is 0.301. The Bertz CT molecular complexity index is 1010. The van der Waals surface area contributed by atoms with E-state index in [2.05, 4.69) is 25.5 Å². The molecule has 0 radical (unpaired) electrons. The SMILES string of the molecule is Cn1cc(Nc2nccc(-c3cnn(C4CCN(C(=O)C5CC5)CC4)c3)n2)cn1. The molecule has 2 aliphatic rings. The molecule has 1 aliphatic heterocycles. The summed E-state index contributed by atoms with van der Waals surface area (Å²) >= 11 is 0. The Hall–Kier alpha value is -3.23. The molecule has 0 spiro atoms. The van der Waals surface area contributed by atoms with E-state index in [9.17, 15) is 4.79 Å². The summed E-state index contributed by atoms with van der Waals surface area (Å²) in [4.78, 5) is 23.2. The maximum absolute atomic E-state index is 12.2. The molecule has 9 nitrogen and oxygen atoms in total. The lowest BCUT2D eigenvalue weighted by molar-refractivity contribution is -0.133. The van der Waals surface area contributed by atoms with E-state index in [-0.39, 0.29) is 0 Å². The number of hydrogen-bond donors (Lipinski definition) is 1. The van der Waals surface area contributed by atoms with Crippen LogP contribution in [0.5, 0.6) is 0 Å². The van der Waals surface area contributed by atoms with Crippen LogP contribution in [0.2, 0.25) is 0 Å². The number of carbonyl (C=O) groups excluding carboxylic acids is 1. The Balaban J connectivity index is 1.25. The quantitative estimate of drug-likeness (QED) is 0.717. The molecule has 0 aromatic carbocycles. The van der Waals surface area contributed by atoms with Crippen molar-refractivity contribution in [1.82, 2.24) is 34.4 Å². The van der Waals surface area contributed by atoms with Crippen LogP contribution in [0.3, 0.4) is 0 Å². The molecule has 150 valence electrons. The highest BCUT2D eigenvalue weighted by atomic mass is 16.2. The molecule has 2 fully saturated rings. The van der Waals surface area contributed by atoms with Crippen LogP contribution >= 0.6 is 0 Å². The van der Waals surface area contributed by atoms with Gasteiger partial charge < -0.3 is 10.2 Å². The summed E-state index contributed by atoms with van der Waals surface area (Å²) in [6.07, 6.45) is 13.2. The Labute approximate surface area is 168 Å². The molecule has 0 atom stereocenters. The van der Waals surface area contributed by atoms with E-state index in [4.69, 9.17) is 0 Å². The van der Waals surface area contributed by atoms with Crippen molar-refractivity contribution in [2.24, 2.45) is 13.0 Å². The van der Waals surface area contributed by atoms with Gasteiger partial charge in [-0.05, 0) is 31.7 Å². The lowest BCUT2D eigenvalue weighted by Crippen LogP contribution is -2.39. The standard InChI is InChI=1S/C20H24N8O/c1-26-13-16(11-22-26)24-20-21-7-4-18(25-20)15-10-23-28(12-15)17-5-8-27(9-6-17)19(29)14-2-3-14/h4,7,10-14,17H,2-3,5-6,8-9H2,1H3,(H,21,24,25). The smallest absolute Gasteiger partial charge is 0.227 e. The Kier molecular flexibility index (Phi) is 4.49. The van der Waals surface area contributed by atoms with Gasteiger partial charge in [0.1, 0.15) is 0 Å². The number of nitrogens with zero attached hydrogens (tertiary/aromatic N) is 7. The van der Waals surface area contributed by atoms with Gasteiger partial charge in [-0.15, -0.1) is 0 Å². The zero-order valence-corrected chi connectivity index (χ0v) is 16.4. The predicted octanol–water partition coefficient (Wildman–Crippen LogP) is 2.39. The minimum Gasteiger partial charge on any atom is -0.342 e. The van der Waals surface area contributed by atoms with Gasteiger partial charge in [0.25, 0.3) is 0 Å². The van der Waals surface area contributed by atoms with Crippen LogP contribution in [0.15, 0.2) is 37.1 Å². The van der Waals surface area contributed by atoms with E-state index in [1.54, 1.807) is 17.1 Å². The van der Waals surface area contributed by atoms with Crippen LogP contribution in [0.4, 0.5) is 11.6 Å². The number of carbonyl (C=O) groups is 1. The topological polar surface area (TPSA) is 93.8 Å². The maximum Gasteiger partial charge on any atom is 0.227 e. The fraction of sp³-hybridized carbons (Fsp3) is 0.450. The number of anilines is 2. The normalized spacial score (nSPS) is 17.5. The number of aryl methyl sites for hydroxylation is 1. The van der Waals surface area contributed by atoms with E-state index in [1.807, 2.05) is 41.3 Å². The largest absolute Gasteiger partial charge is 0.342 e. The molecule has 3 aromatic rings. The molecular weight excluding hydrogens is 368 g/mol. The van der Waals surface area contributed by atoms with E-state index < -0.39 is 0 Å². The first-order chi connectivity index (χ1) is 14.2. The summed E-state index contributed by atoms with van der Waals surface area (Å²) < 4.78 is 3.74. The van der Waals surface area contributed by atoms with Crippen molar-refractivity contribution in [3.63, 3.8) is 0 Å². The molecule has 1 aliphatic carbocycles. The first-order valence-corrected chi connectivity index (χ1v) is 10.1. The predicted molar refractivity (Wildman–Crippen MR) is 107 cm³/mol. The second kappa shape index (κ2) is 7.31. The lowest BCUT2D eigenvalue weighted by atomic mass is 10.0. The third-order valence-electron chi connectivity index (χ3n) is 5.59. The van der Waals surface area contributed by atoms with Crippen molar-refractivity contribution in [1.29, 1.82) is 0 Å². The Morgan fingerprint density at radius 2 is 1.93 bits per heavy atom. The van der Waals surface area contributed by atoms with E-state index in [0.29, 0.717) is 23.8 Å². The van der Waals surface area contributed by atoms with Crippen LogP contribution in [-0.4, -0.2) is 53.4 Å². The molecule has 1 amide bonds. The third kappa shape index (κ3) is 3.85. The fourth-order valence-electron chi connectivity index (χ4n) is 3.80. The number of nitrogens with one attached hydrogen (secondary N) is 1. The summed E-state index contributed by atoms with van der Waals surface area (Å²) in [5, 5.41) is 11.9. The van der Waals surface area contributed by atoms with Gasteiger partial charge in [0, 0.05) is 50.2 Å². The van der Waals surface area contributed by atoms with E-state index in [1.165, 1.54) is 0 Å². The zero-order valence-electron chi connectivity index (χ0n) is 16.4. The minimum atomic E-state index is 0.301. The Morgan fingerprint density at radius 1 is 1.10 bits per heavy atom. The summed E-state index contributed by atoms with van der Waals surface area (Å²) in [5.41, 5.74) is 2.62. The number of hydrogen-bond acceptors (Lipinski definition) is 6. The van der Waals surface area contributed by atoms with E-state index in [0.717, 1.165) is 55.7 Å². The first-order valence-electron chi connectivity index (χ1n) is 10.1. The third-order valence-corrected chi connectivity index (χ3v) is 5.59. The number of rotatable bonds is 5. The van der Waals surface area contributed by atoms with E-state index >= 15 is 0 Å². The van der Waals surface area contributed by atoms with Gasteiger partial charge >= 0.3 is 0 Å². The second-order valence-electron chi connectivity index (χ2n) is 7.83. The lowest BCUT2D eigenvalue weighted by Gasteiger charge is -2.32. The van der Waals surface area contributed by atoms with Gasteiger partial charge in [0.15, 0.2) is 0 Å². The highest BCUT2D eigenvalue weighted by molar-refractivity contribution is 5.81. The van der Waals surface area contributed by atoms with Crippen molar-refractivity contribution in [3.05, 3.63) is 37.1 Å². The van der Waals surface area contributed by atoms with Gasteiger partial charge in [-0.3, -0.25) is 14.2 Å². The molecule has 0 unspecified atom stereocenters. The van der Waals surface area contributed by atoms with Crippen molar-refractivity contribution in [3.8, 4) is 11.3 Å². The average Bonchev–Trinajstić information content (AvgIpc) is 3.33. The summed E-state index contributed by atoms with van der Waals surface area (Å²) in [6, 6.07) is 2.20. The number of aromatic nitrogens is 6. The molecule has 29 heavy (non-hydrogen) atoms. The van der Waals surface area contributed by atoms with Crippen LogP contribution < -0.4 is 5.32 Å². The number of likely N-dealkylation sites (tertiary alicyclic amines) is 1. The van der Waals surface area contributed by atoms with Gasteiger partial charge in [0.2, 0.25) is 11.9 Å². The highest BCUT2D eigenvalue weighted by Crippen LogP contribution is 2.33. The Morgan fingerprint density at radius 3 is 2.66 bits per heavy atom. The van der Waals surface area contributed by atoms with Gasteiger partial charge in [-0.1, -0.05) is 0 Å². The molecule has 9 heteroatoms. The van der Waals surface area contributed by atoms with Crippen LogP contribution in [0, 0.1) is 5.92 Å². The summed E-state index contributed by atoms with van der Waals surface area (Å²) in [7, 11) is 1.86. The molecular formula is C20H24N8O. The second-order valence-corrected chi connectivity index (χ2v) is 7.83. The first kappa shape index (κ1) is 17.8. The van der Waals surface area contributed by atoms with Crippen molar-refractivity contribution in [2.45, 2.75) is 31.7 Å². The van der Waals surface area contributed by atoms with Crippen LogP contribution in [0.1, 0.15) is 31.7 Å². The van der Waals surface area contributed by atoms with Crippen molar-refractivity contribution >= 4 is 17.5 Å². The monoisotopic (exact) mass is 392 g/mol. The van der Waals surface area contributed by atoms with Gasteiger partial charge in [-0.25, -0.2) is 9.97 Å². The fourth-order valence-corrected chi connectivity index (χ4v) is 3.80. The number of amides is 1. The number of piperidine rings is 1. The van der Waals surface area contributed by atoms with Crippen LogP contribution in [-0.2, 0) is 11.8 Å². The molecule has 4 heterocycles. The van der Waals surface area contributed by atoms with Gasteiger partial charge in [-0.2, -0.15) is 10.2 Å². The molecule has 1 saturated heterocycles. The average molecular weight is 392 g/mol. The summed E-state index contributed by atoms with van der Waals surface area (Å²) in [5.74, 6) is 1.17. The molecule has 0 bridgehead atoms. The molecule has 1 saturated carbocycles. The van der Waals surface area contributed by atoms with Crippen molar-refractivity contribution in [2.75, 3.05) is 18.4 Å². The maximum atomic E-state index is 12.2. The molecule has 3 aromatic heterocycles.